The highest BCUT2D eigenvalue weighted by atomic mass is 32.1. The van der Waals surface area contributed by atoms with Gasteiger partial charge < -0.3 is 9.84 Å². The van der Waals surface area contributed by atoms with Crippen LogP contribution in [0.5, 0.6) is 0 Å². The molecule has 1 aliphatic rings. The van der Waals surface area contributed by atoms with Crippen LogP contribution in [0.25, 0.3) is 10.7 Å². The van der Waals surface area contributed by atoms with Crippen molar-refractivity contribution in [1.82, 2.24) is 20.3 Å². The molecule has 3 heterocycles. The Morgan fingerprint density at radius 2 is 2.30 bits per heavy atom. The van der Waals surface area contributed by atoms with Gasteiger partial charge in [0.05, 0.1) is 4.88 Å². The van der Waals surface area contributed by atoms with Crippen LogP contribution in [-0.4, -0.2) is 26.2 Å². The molecule has 0 bridgehead atoms. The number of thiophene rings is 1. The quantitative estimate of drug-likeness (QED) is 0.736. The zero-order valence-corrected chi connectivity index (χ0v) is 13.7. The molecule has 3 aromatic rings. The number of carbonyl (C=O) groups excluding carboxylic acids is 1. The molecular weight excluding hydrogens is 334 g/mol. The molecule has 1 fully saturated rings. The second-order valence-corrected chi connectivity index (χ2v) is 7.21. The van der Waals surface area contributed by atoms with Crippen molar-refractivity contribution < 1.29 is 9.32 Å². The van der Waals surface area contributed by atoms with Gasteiger partial charge in [-0.05, 0) is 24.3 Å². The maximum atomic E-state index is 12.0. The summed E-state index contributed by atoms with van der Waals surface area (Å²) >= 11 is 3.00. The van der Waals surface area contributed by atoms with Crippen LogP contribution in [-0.2, 0) is 11.2 Å². The number of hydrogen-bond acceptors (Lipinski definition) is 8. The third-order valence-corrected chi connectivity index (χ3v) is 5.26. The van der Waals surface area contributed by atoms with Gasteiger partial charge in [0.2, 0.25) is 22.8 Å². The van der Waals surface area contributed by atoms with E-state index in [1.807, 2.05) is 17.5 Å². The third-order valence-electron chi connectivity index (χ3n) is 3.39. The Balaban J connectivity index is 1.30. The summed E-state index contributed by atoms with van der Waals surface area (Å²) < 4.78 is 5.17. The van der Waals surface area contributed by atoms with Crippen molar-refractivity contribution >= 4 is 33.7 Å². The van der Waals surface area contributed by atoms with Crippen molar-refractivity contribution in [3.63, 3.8) is 0 Å². The lowest BCUT2D eigenvalue weighted by molar-refractivity contribution is -0.116. The molecular formula is C14H13N5O2S2. The van der Waals surface area contributed by atoms with Crippen LogP contribution < -0.4 is 5.32 Å². The maximum absolute atomic E-state index is 12.0. The minimum atomic E-state index is -0.126. The van der Waals surface area contributed by atoms with Crippen LogP contribution >= 0.6 is 22.7 Å². The lowest BCUT2D eigenvalue weighted by Crippen LogP contribution is -2.12. The highest BCUT2D eigenvalue weighted by Crippen LogP contribution is 2.42. The Morgan fingerprint density at radius 3 is 3.09 bits per heavy atom. The average Bonchev–Trinajstić information content (AvgIpc) is 3.00. The van der Waals surface area contributed by atoms with Crippen molar-refractivity contribution in [2.24, 2.45) is 0 Å². The normalized spacial score (nSPS) is 14.1. The maximum Gasteiger partial charge on any atom is 0.227 e. The van der Waals surface area contributed by atoms with E-state index in [0.29, 0.717) is 29.2 Å². The van der Waals surface area contributed by atoms with Gasteiger partial charge in [-0.2, -0.15) is 4.98 Å². The van der Waals surface area contributed by atoms with Crippen molar-refractivity contribution in [3.8, 4) is 10.7 Å². The molecule has 1 N–H and O–H groups in total. The van der Waals surface area contributed by atoms with E-state index in [4.69, 9.17) is 4.52 Å². The highest BCUT2D eigenvalue weighted by Gasteiger charge is 2.27. The lowest BCUT2D eigenvalue weighted by atomic mass is 10.3. The highest BCUT2D eigenvalue weighted by molar-refractivity contribution is 7.15. The van der Waals surface area contributed by atoms with Crippen molar-refractivity contribution in [1.29, 1.82) is 0 Å². The molecule has 3 aromatic heterocycles. The number of nitrogens with zero attached hydrogens (tertiary/aromatic N) is 4. The van der Waals surface area contributed by atoms with Gasteiger partial charge in [-0.25, -0.2) is 0 Å². The lowest BCUT2D eigenvalue weighted by Gasteiger charge is -1.97. The first-order chi connectivity index (χ1) is 11.3. The molecule has 7 nitrogen and oxygen atoms in total. The molecule has 0 aliphatic heterocycles. The molecule has 0 radical (unpaired) electrons. The van der Waals surface area contributed by atoms with Crippen LogP contribution in [0.1, 0.15) is 36.1 Å². The summed E-state index contributed by atoms with van der Waals surface area (Å²) in [4.78, 5) is 17.2. The monoisotopic (exact) mass is 347 g/mol. The summed E-state index contributed by atoms with van der Waals surface area (Å²) in [6.45, 7) is 0. The molecule has 0 aromatic carbocycles. The molecule has 118 valence electrons. The fourth-order valence-electron chi connectivity index (χ4n) is 2.04. The molecule has 0 atom stereocenters. The summed E-state index contributed by atoms with van der Waals surface area (Å²) in [5.74, 6) is 1.44. The predicted molar refractivity (Wildman–Crippen MR) is 86.4 cm³/mol. The summed E-state index contributed by atoms with van der Waals surface area (Å²) in [5, 5.41) is 18.3. The zero-order chi connectivity index (χ0) is 15.6. The molecule has 1 amide bonds. The average molecular weight is 347 g/mol. The Labute approximate surface area is 139 Å². The summed E-state index contributed by atoms with van der Waals surface area (Å²) in [5.41, 5.74) is 0. The van der Waals surface area contributed by atoms with Gasteiger partial charge in [-0.1, -0.05) is 22.6 Å². The SMILES string of the molecule is O=C(CCc1nc(-c2cccs2)no1)Nc1nnc(C2CC2)s1. The minimum absolute atomic E-state index is 0.126. The van der Waals surface area contributed by atoms with Crippen LogP contribution in [0, 0.1) is 0 Å². The van der Waals surface area contributed by atoms with E-state index in [9.17, 15) is 4.79 Å². The molecule has 9 heteroatoms. The molecule has 1 aliphatic carbocycles. The van der Waals surface area contributed by atoms with Gasteiger partial charge in [-0.3, -0.25) is 4.79 Å². The van der Waals surface area contributed by atoms with Gasteiger partial charge in [0, 0.05) is 18.8 Å². The van der Waals surface area contributed by atoms with Crippen LogP contribution in [0.4, 0.5) is 5.13 Å². The van der Waals surface area contributed by atoms with Gasteiger partial charge in [0.1, 0.15) is 5.01 Å². The first-order valence-corrected chi connectivity index (χ1v) is 8.97. The number of hydrogen-bond donors (Lipinski definition) is 1. The fraction of sp³-hybridized carbons (Fsp3) is 0.357. The fourth-order valence-corrected chi connectivity index (χ4v) is 3.62. The topological polar surface area (TPSA) is 93.8 Å². The van der Waals surface area contributed by atoms with E-state index >= 15 is 0 Å². The Kier molecular flexibility index (Phi) is 3.88. The van der Waals surface area contributed by atoms with E-state index in [1.54, 1.807) is 11.3 Å². The first kappa shape index (κ1) is 14.5. The molecule has 1 saturated carbocycles. The van der Waals surface area contributed by atoms with Crippen LogP contribution in [0.2, 0.25) is 0 Å². The number of aromatic nitrogens is 4. The van der Waals surface area contributed by atoms with Gasteiger partial charge in [-0.15, -0.1) is 21.5 Å². The number of aryl methyl sites for hydroxylation is 1. The van der Waals surface area contributed by atoms with E-state index in [-0.39, 0.29) is 12.3 Å². The van der Waals surface area contributed by atoms with Crippen molar-refractivity contribution in [3.05, 3.63) is 28.4 Å². The van der Waals surface area contributed by atoms with Crippen molar-refractivity contribution in [2.45, 2.75) is 31.6 Å². The van der Waals surface area contributed by atoms with E-state index in [2.05, 4.69) is 25.7 Å². The minimum Gasteiger partial charge on any atom is -0.339 e. The Bertz CT molecular complexity index is 807. The second kappa shape index (κ2) is 6.17. The van der Waals surface area contributed by atoms with Gasteiger partial charge in [0.15, 0.2) is 0 Å². The standard InChI is InChI=1S/C14H13N5O2S2/c20-10(15-14-18-17-13(23-14)8-3-4-8)5-6-11-16-12(19-21-11)9-2-1-7-22-9/h1-2,7-8H,3-6H2,(H,15,18,20). The Morgan fingerprint density at radius 1 is 1.39 bits per heavy atom. The molecule has 0 unspecified atom stereocenters. The molecule has 23 heavy (non-hydrogen) atoms. The predicted octanol–water partition coefficient (Wildman–Crippen LogP) is 3.10. The number of rotatable bonds is 6. The number of carbonyl (C=O) groups is 1. The van der Waals surface area contributed by atoms with Gasteiger partial charge in [0.25, 0.3) is 0 Å². The number of nitrogens with one attached hydrogen (secondary N) is 1. The molecule has 0 spiro atoms. The summed E-state index contributed by atoms with van der Waals surface area (Å²) in [6.07, 6.45) is 3.02. The Hall–Kier alpha value is -2.13. The molecule has 4 rings (SSSR count). The summed E-state index contributed by atoms with van der Waals surface area (Å²) in [6, 6.07) is 3.86. The largest absolute Gasteiger partial charge is 0.339 e. The summed E-state index contributed by atoms with van der Waals surface area (Å²) in [7, 11) is 0. The second-order valence-electron chi connectivity index (χ2n) is 5.26. The number of anilines is 1. The van der Waals surface area contributed by atoms with E-state index in [1.165, 1.54) is 24.2 Å². The van der Waals surface area contributed by atoms with Gasteiger partial charge >= 0.3 is 0 Å². The smallest absolute Gasteiger partial charge is 0.227 e. The zero-order valence-electron chi connectivity index (χ0n) is 12.1. The van der Waals surface area contributed by atoms with E-state index in [0.717, 1.165) is 9.88 Å². The van der Waals surface area contributed by atoms with Crippen molar-refractivity contribution in [2.75, 3.05) is 5.32 Å². The third kappa shape index (κ3) is 3.45. The van der Waals surface area contributed by atoms with Crippen LogP contribution in [0.3, 0.4) is 0 Å². The van der Waals surface area contributed by atoms with Crippen LogP contribution in [0.15, 0.2) is 22.0 Å². The van der Waals surface area contributed by atoms with E-state index < -0.39 is 0 Å². The molecule has 0 saturated heterocycles. The first-order valence-electron chi connectivity index (χ1n) is 7.27. The number of amides is 1.